The summed E-state index contributed by atoms with van der Waals surface area (Å²) in [6.07, 6.45) is -0.904. The van der Waals surface area contributed by atoms with Gasteiger partial charge < -0.3 is 16.2 Å². The number of carbonyl (C=O) groups excluding carboxylic acids is 1. The number of hydrogen-bond acceptors (Lipinski definition) is 6. The Bertz CT molecular complexity index is 1140. The zero-order valence-electron chi connectivity index (χ0n) is 13.3. The molecule has 4 aromatic rings. The molecule has 2 aromatic heterocycles. The first-order valence-electron chi connectivity index (χ1n) is 7.56. The van der Waals surface area contributed by atoms with Crippen molar-refractivity contribution < 1.29 is 9.53 Å². The largest absolute Gasteiger partial charge is 0.410 e. The summed E-state index contributed by atoms with van der Waals surface area (Å²) >= 11 is 1.18. The number of nitrogen functional groups attached to an aromatic ring is 1. The van der Waals surface area contributed by atoms with Crippen molar-refractivity contribution in [3.8, 4) is 16.5 Å². The second-order valence-electron chi connectivity index (χ2n) is 5.60. The Morgan fingerprint density at radius 2 is 1.88 bits per heavy atom. The highest BCUT2D eigenvalue weighted by Crippen LogP contribution is 2.41. The van der Waals surface area contributed by atoms with Gasteiger partial charge in [0.1, 0.15) is 4.83 Å². The van der Waals surface area contributed by atoms with Crippen LogP contribution in [-0.2, 0) is 0 Å². The van der Waals surface area contributed by atoms with Crippen molar-refractivity contribution >= 4 is 44.1 Å². The van der Waals surface area contributed by atoms with Crippen LogP contribution in [0.2, 0.25) is 0 Å². The molecule has 0 saturated carbocycles. The Kier molecular flexibility index (Phi) is 3.51. The lowest BCUT2D eigenvalue weighted by molar-refractivity contribution is 0.212. The third kappa shape index (κ3) is 2.64. The molecule has 6 nitrogen and oxygen atoms in total. The number of primary amides is 1. The first-order valence-corrected chi connectivity index (χ1v) is 8.37. The molecule has 4 rings (SSSR count). The van der Waals surface area contributed by atoms with Crippen molar-refractivity contribution in [1.82, 2.24) is 9.97 Å². The lowest BCUT2D eigenvalue weighted by atomic mass is 10.1. The predicted octanol–water partition coefficient (Wildman–Crippen LogP) is 3.86. The predicted molar refractivity (Wildman–Crippen MR) is 99.7 cm³/mol. The summed E-state index contributed by atoms with van der Waals surface area (Å²) in [4.78, 5) is 20.8. The molecule has 0 aliphatic heterocycles. The highest BCUT2D eigenvalue weighted by molar-refractivity contribution is 7.21. The number of anilines is 1. The van der Waals surface area contributed by atoms with Gasteiger partial charge in [-0.05, 0) is 23.8 Å². The zero-order chi connectivity index (χ0) is 17.6. The summed E-state index contributed by atoms with van der Waals surface area (Å²) < 4.78 is 4.95. The van der Waals surface area contributed by atoms with E-state index in [4.69, 9.17) is 16.2 Å². The number of nitrogens with two attached hydrogens (primary N) is 2. The Morgan fingerprint density at radius 1 is 1.12 bits per heavy atom. The van der Waals surface area contributed by atoms with Gasteiger partial charge in [-0.15, -0.1) is 0 Å². The minimum atomic E-state index is -0.904. The Labute approximate surface area is 147 Å². The van der Waals surface area contributed by atoms with E-state index >= 15 is 0 Å². The number of thiophene rings is 1. The molecule has 2 aromatic carbocycles. The van der Waals surface area contributed by atoms with Crippen molar-refractivity contribution in [3.05, 3.63) is 48.2 Å². The fraction of sp³-hybridized carbons (Fsp3) is 0.0556. The van der Waals surface area contributed by atoms with Crippen LogP contribution in [0, 0.1) is 6.92 Å². The molecule has 1 amide bonds. The number of benzene rings is 2. The molecule has 124 valence electrons. The summed E-state index contributed by atoms with van der Waals surface area (Å²) in [5, 5.41) is 3.20. The lowest BCUT2D eigenvalue weighted by Crippen LogP contribution is -2.16. The highest BCUT2D eigenvalue weighted by Gasteiger charge is 2.18. The molecule has 0 bridgehead atoms. The van der Waals surface area contributed by atoms with Crippen LogP contribution < -0.4 is 16.2 Å². The number of aromatic nitrogens is 2. The van der Waals surface area contributed by atoms with Gasteiger partial charge in [0, 0.05) is 5.56 Å². The quantitative estimate of drug-likeness (QED) is 0.571. The van der Waals surface area contributed by atoms with Crippen LogP contribution in [-0.4, -0.2) is 16.1 Å². The first kappa shape index (κ1) is 15.3. The molecule has 0 radical (unpaired) electrons. The van der Waals surface area contributed by atoms with Crippen LogP contribution in [0.3, 0.4) is 0 Å². The monoisotopic (exact) mass is 350 g/mol. The van der Waals surface area contributed by atoms with Gasteiger partial charge in [-0.3, -0.25) is 0 Å². The van der Waals surface area contributed by atoms with Crippen LogP contribution in [0.25, 0.3) is 32.4 Å². The number of nitrogens with zero attached hydrogens (tertiary/aromatic N) is 2. The van der Waals surface area contributed by atoms with E-state index in [1.807, 2.05) is 43.3 Å². The number of aryl methyl sites for hydroxylation is 1. The van der Waals surface area contributed by atoms with E-state index < -0.39 is 6.09 Å². The second-order valence-corrected chi connectivity index (χ2v) is 6.56. The molecule has 0 unspecified atom stereocenters. The van der Waals surface area contributed by atoms with Gasteiger partial charge in [-0.2, -0.15) is 0 Å². The number of hydrogen-bond donors (Lipinski definition) is 2. The van der Waals surface area contributed by atoms with Crippen molar-refractivity contribution in [1.29, 1.82) is 0 Å². The van der Waals surface area contributed by atoms with E-state index in [1.165, 1.54) is 11.3 Å². The molecule has 4 N–H and O–H groups in total. The summed E-state index contributed by atoms with van der Waals surface area (Å²) in [7, 11) is 0. The van der Waals surface area contributed by atoms with E-state index in [-0.39, 0.29) is 5.06 Å². The van der Waals surface area contributed by atoms with Crippen LogP contribution in [0.15, 0.2) is 42.5 Å². The number of rotatable bonds is 2. The summed E-state index contributed by atoms with van der Waals surface area (Å²) in [6.45, 7) is 1.85. The van der Waals surface area contributed by atoms with Crippen LogP contribution in [0.5, 0.6) is 5.06 Å². The van der Waals surface area contributed by atoms with Crippen molar-refractivity contribution in [3.63, 3.8) is 0 Å². The van der Waals surface area contributed by atoms with E-state index in [2.05, 4.69) is 16.0 Å². The highest BCUT2D eigenvalue weighted by atomic mass is 32.1. The van der Waals surface area contributed by atoms with Gasteiger partial charge in [0.05, 0.1) is 16.8 Å². The summed E-state index contributed by atoms with van der Waals surface area (Å²) in [5.41, 5.74) is 13.1. The number of ether oxygens (including phenoxy) is 1. The van der Waals surface area contributed by atoms with Crippen molar-refractivity contribution in [2.75, 3.05) is 5.73 Å². The molecule has 0 spiro atoms. The number of fused-ring (bicyclic) bond motifs is 2. The topological polar surface area (TPSA) is 104 Å². The normalized spacial score (nSPS) is 11.1. The van der Waals surface area contributed by atoms with E-state index in [0.717, 1.165) is 22.0 Å². The summed E-state index contributed by atoms with van der Waals surface area (Å²) in [6, 6.07) is 14.2. The molecule has 0 saturated heterocycles. The van der Waals surface area contributed by atoms with E-state index in [0.29, 0.717) is 21.7 Å². The van der Waals surface area contributed by atoms with Crippen molar-refractivity contribution in [2.24, 2.45) is 5.73 Å². The van der Waals surface area contributed by atoms with Gasteiger partial charge in [-0.25, -0.2) is 14.8 Å². The fourth-order valence-corrected chi connectivity index (χ4v) is 3.80. The molecule has 25 heavy (non-hydrogen) atoms. The van der Waals surface area contributed by atoms with Crippen LogP contribution in [0.1, 0.15) is 5.69 Å². The average molecular weight is 350 g/mol. The molecular weight excluding hydrogens is 336 g/mol. The second kappa shape index (κ2) is 5.71. The zero-order valence-corrected chi connectivity index (χ0v) is 14.1. The smallest absolute Gasteiger partial charge is 0.397 e. The standard InChI is InChI=1S/C18H14N4O2S/c1-9-13-14(19)17(24-18(20)23)25-16(13)22-15(21-9)12-7-6-10-4-2-3-5-11(10)8-12/h2-8H,19H2,1H3,(H2,20,23). The fourth-order valence-electron chi connectivity index (χ4n) is 2.80. The van der Waals surface area contributed by atoms with Gasteiger partial charge in [0.25, 0.3) is 0 Å². The van der Waals surface area contributed by atoms with E-state index in [1.54, 1.807) is 0 Å². The first-order chi connectivity index (χ1) is 12.0. The molecule has 0 atom stereocenters. The van der Waals surface area contributed by atoms with Gasteiger partial charge in [0.15, 0.2) is 5.82 Å². The maximum absolute atomic E-state index is 11.0. The van der Waals surface area contributed by atoms with Crippen LogP contribution in [0.4, 0.5) is 10.5 Å². The maximum atomic E-state index is 11.0. The molecule has 0 aliphatic carbocycles. The number of amides is 1. The van der Waals surface area contributed by atoms with E-state index in [9.17, 15) is 4.79 Å². The van der Waals surface area contributed by atoms with Gasteiger partial charge in [0.2, 0.25) is 5.06 Å². The lowest BCUT2D eigenvalue weighted by Gasteiger charge is -2.05. The molecule has 0 fully saturated rings. The Balaban J connectivity index is 1.88. The SMILES string of the molecule is Cc1nc(-c2ccc3ccccc3c2)nc2sc(OC(N)=O)c(N)c12. The summed E-state index contributed by atoms with van der Waals surface area (Å²) in [5.74, 6) is 0.600. The van der Waals surface area contributed by atoms with Gasteiger partial charge >= 0.3 is 6.09 Å². The molecular formula is C18H14N4O2S. The molecule has 7 heteroatoms. The Hall–Kier alpha value is -3.19. The third-order valence-electron chi connectivity index (χ3n) is 3.94. The third-order valence-corrected chi connectivity index (χ3v) is 4.91. The number of carbonyl (C=O) groups is 1. The maximum Gasteiger partial charge on any atom is 0.410 e. The Morgan fingerprint density at radius 3 is 2.64 bits per heavy atom. The van der Waals surface area contributed by atoms with Gasteiger partial charge in [-0.1, -0.05) is 47.7 Å². The molecule has 0 aliphatic rings. The minimum Gasteiger partial charge on any atom is -0.397 e. The minimum absolute atomic E-state index is 0.246. The average Bonchev–Trinajstić information content (AvgIpc) is 2.90. The molecule has 2 heterocycles. The van der Waals surface area contributed by atoms with Crippen molar-refractivity contribution in [2.45, 2.75) is 6.92 Å². The van der Waals surface area contributed by atoms with Crippen LogP contribution >= 0.6 is 11.3 Å².